The summed E-state index contributed by atoms with van der Waals surface area (Å²) in [6, 6.07) is 13.5. The molecule has 2 aromatic carbocycles. The number of halogens is 1. The van der Waals surface area contributed by atoms with E-state index >= 15 is 0 Å². The highest BCUT2D eigenvalue weighted by atomic mass is 19.1. The summed E-state index contributed by atoms with van der Waals surface area (Å²) in [6.45, 7) is 0.343. The van der Waals surface area contributed by atoms with E-state index in [9.17, 15) is 4.39 Å². The molecule has 0 atom stereocenters. The summed E-state index contributed by atoms with van der Waals surface area (Å²) >= 11 is 0. The fraction of sp³-hybridized carbons (Fsp3) is 0.0769. The molecule has 2 aromatic rings. The Bertz CT molecular complexity index is 485. The number of nitrogens with two attached hydrogens (primary N) is 1. The predicted octanol–water partition coefficient (Wildman–Crippen LogP) is 2.99. The maximum absolute atomic E-state index is 12.9. The lowest BCUT2D eigenvalue weighted by molar-refractivity contribution is 0.305. The molecule has 0 fully saturated rings. The van der Waals surface area contributed by atoms with Crippen molar-refractivity contribution in [2.24, 2.45) is 0 Å². The van der Waals surface area contributed by atoms with Crippen LogP contribution in [-0.2, 0) is 6.61 Å². The average Bonchev–Trinajstić information content (AvgIpc) is 2.28. The van der Waals surface area contributed by atoms with Crippen molar-refractivity contribution in [1.82, 2.24) is 0 Å². The van der Waals surface area contributed by atoms with Crippen molar-refractivity contribution in [3.05, 3.63) is 59.9 Å². The number of hydrogen-bond donors (Lipinski definition) is 1. The molecule has 0 unspecified atom stereocenters. The third kappa shape index (κ3) is 2.51. The first-order chi connectivity index (χ1) is 7.75. The fourth-order valence-corrected chi connectivity index (χ4v) is 1.38. The Hall–Kier alpha value is -2.03. The summed E-state index contributed by atoms with van der Waals surface area (Å²) in [4.78, 5) is 0. The Morgan fingerprint density at radius 2 is 1.88 bits per heavy atom. The molecule has 0 aliphatic rings. The van der Waals surface area contributed by atoms with Gasteiger partial charge in [-0.3, -0.25) is 0 Å². The first kappa shape index (κ1) is 10.5. The number of para-hydroxylation sites is 1. The van der Waals surface area contributed by atoms with Gasteiger partial charge < -0.3 is 10.5 Å². The molecule has 0 heterocycles. The molecule has 0 spiro atoms. The first-order valence-corrected chi connectivity index (χ1v) is 4.97. The van der Waals surface area contributed by atoms with Crippen LogP contribution >= 0.6 is 0 Å². The SMILES string of the molecule is Nc1ccccc1COc1cccc(F)c1. The van der Waals surface area contributed by atoms with Crippen LogP contribution in [0.15, 0.2) is 48.5 Å². The Morgan fingerprint density at radius 3 is 2.62 bits per heavy atom. The number of rotatable bonds is 3. The summed E-state index contributed by atoms with van der Waals surface area (Å²) in [5, 5.41) is 0. The smallest absolute Gasteiger partial charge is 0.126 e. The lowest BCUT2D eigenvalue weighted by Gasteiger charge is -2.08. The minimum Gasteiger partial charge on any atom is -0.489 e. The van der Waals surface area contributed by atoms with Crippen LogP contribution in [0.25, 0.3) is 0 Å². The van der Waals surface area contributed by atoms with Gasteiger partial charge in [-0.1, -0.05) is 24.3 Å². The maximum atomic E-state index is 12.9. The van der Waals surface area contributed by atoms with Crippen molar-refractivity contribution in [3.63, 3.8) is 0 Å². The maximum Gasteiger partial charge on any atom is 0.126 e. The van der Waals surface area contributed by atoms with Crippen molar-refractivity contribution in [1.29, 1.82) is 0 Å². The van der Waals surface area contributed by atoms with Gasteiger partial charge in [0.2, 0.25) is 0 Å². The van der Waals surface area contributed by atoms with E-state index in [1.165, 1.54) is 12.1 Å². The Morgan fingerprint density at radius 1 is 1.06 bits per heavy atom. The molecule has 0 aliphatic carbocycles. The van der Waals surface area contributed by atoms with Gasteiger partial charge in [0, 0.05) is 17.3 Å². The third-order valence-electron chi connectivity index (χ3n) is 2.25. The van der Waals surface area contributed by atoms with Crippen LogP contribution < -0.4 is 10.5 Å². The van der Waals surface area contributed by atoms with E-state index < -0.39 is 0 Å². The van der Waals surface area contributed by atoms with E-state index in [-0.39, 0.29) is 5.82 Å². The van der Waals surface area contributed by atoms with Crippen LogP contribution in [-0.4, -0.2) is 0 Å². The van der Waals surface area contributed by atoms with Crippen molar-refractivity contribution < 1.29 is 9.13 Å². The van der Waals surface area contributed by atoms with Crippen LogP contribution in [0.1, 0.15) is 5.56 Å². The van der Waals surface area contributed by atoms with Crippen molar-refractivity contribution >= 4 is 5.69 Å². The molecule has 0 aromatic heterocycles. The van der Waals surface area contributed by atoms with E-state index in [1.54, 1.807) is 12.1 Å². The van der Waals surface area contributed by atoms with Gasteiger partial charge in [-0.05, 0) is 18.2 Å². The zero-order chi connectivity index (χ0) is 11.4. The van der Waals surface area contributed by atoms with Crippen LogP contribution in [0, 0.1) is 5.82 Å². The van der Waals surface area contributed by atoms with Gasteiger partial charge in [-0.25, -0.2) is 4.39 Å². The fourth-order valence-electron chi connectivity index (χ4n) is 1.38. The van der Waals surface area contributed by atoms with Gasteiger partial charge in [-0.15, -0.1) is 0 Å². The second-order valence-electron chi connectivity index (χ2n) is 3.44. The van der Waals surface area contributed by atoms with Gasteiger partial charge in [0.05, 0.1) is 0 Å². The Balaban J connectivity index is 2.05. The van der Waals surface area contributed by atoms with Gasteiger partial charge in [0.1, 0.15) is 18.2 Å². The minimum atomic E-state index is -0.307. The summed E-state index contributed by atoms with van der Waals surface area (Å²) in [7, 11) is 0. The van der Waals surface area contributed by atoms with E-state index in [0.717, 1.165) is 5.56 Å². The topological polar surface area (TPSA) is 35.2 Å². The van der Waals surface area contributed by atoms with Crippen LogP contribution in [0.5, 0.6) is 5.75 Å². The van der Waals surface area contributed by atoms with Crippen LogP contribution in [0.2, 0.25) is 0 Å². The molecule has 0 radical (unpaired) electrons. The lowest BCUT2D eigenvalue weighted by atomic mass is 10.2. The molecule has 2 N–H and O–H groups in total. The molecule has 2 nitrogen and oxygen atoms in total. The quantitative estimate of drug-likeness (QED) is 0.802. The average molecular weight is 217 g/mol. The summed E-state index contributed by atoms with van der Waals surface area (Å²) in [5.74, 6) is 0.196. The number of nitrogen functional groups attached to an aromatic ring is 1. The van der Waals surface area contributed by atoms with E-state index in [0.29, 0.717) is 18.0 Å². The number of ether oxygens (including phenoxy) is 1. The second kappa shape index (κ2) is 4.66. The molecular formula is C13H12FNO. The second-order valence-corrected chi connectivity index (χ2v) is 3.44. The van der Waals surface area contributed by atoms with Gasteiger partial charge in [0.25, 0.3) is 0 Å². The highest BCUT2D eigenvalue weighted by molar-refractivity contribution is 5.46. The number of anilines is 1. The molecule has 0 bridgehead atoms. The van der Waals surface area contributed by atoms with Crippen molar-refractivity contribution in [2.45, 2.75) is 6.61 Å². The molecule has 0 saturated carbocycles. The molecule has 3 heteroatoms. The molecule has 2 rings (SSSR count). The van der Waals surface area contributed by atoms with E-state index in [4.69, 9.17) is 10.5 Å². The third-order valence-corrected chi connectivity index (χ3v) is 2.25. The van der Waals surface area contributed by atoms with Crippen LogP contribution in [0.3, 0.4) is 0 Å². The highest BCUT2D eigenvalue weighted by Gasteiger charge is 2.00. The minimum absolute atomic E-state index is 0.307. The first-order valence-electron chi connectivity index (χ1n) is 4.97. The number of benzene rings is 2. The summed E-state index contributed by atoms with van der Waals surface area (Å²) < 4.78 is 18.3. The van der Waals surface area contributed by atoms with E-state index in [2.05, 4.69) is 0 Å². The monoisotopic (exact) mass is 217 g/mol. The molecule has 16 heavy (non-hydrogen) atoms. The largest absolute Gasteiger partial charge is 0.489 e. The van der Waals surface area contributed by atoms with Gasteiger partial charge in [0.15, 0.2) is 0 Å². The predicted molar refractivity (Wildman–Crippen MR) is 61.6 cm³/mol. The van der Waals surface area contributed by atoms with Crippen LogP contribution in [0.4, 0.5) is 10.1 Å². The zero-order valence-corrected chi connectivity index (χ0v) is 8.69. The molecule has 0 saturated heterocycles. The Labute approximate surface area is 93.5 Å². The molecule has 0 aliphatic heterocycles. The number of hydrogen-bond acceptors (Lipinski definition) is 2. The summed E-state index contributed by atoms with van der Waals surface area (Å²) in [5.41, 5.74) is 7.34. The van der Waals surface area contributed by atoms with Crippen molar-refractivity contribution in [2.75, 3.05) is 5.73 Å². The molecular weight excluding hydrogens is 205 g/mol. The van der Waals surface area contributed by atoms with Gasteiger partial charge in [-0.2, -0.15) is 0 Å². The lowest BCUT2D eigenvalue weighted by Crippen LogP contribution is -1.99. The van der Waals surface area contributed by atoms with E-state index in [1.807, 2.05) is 24.3 Å². The van der Waals surface area contributed by atoms with Crippen molar-refractivity contribution in [3.8, 4) is 5.75 Å². The Kier molecular flexibility index (Phi) is 3.05. The normalized spacial score (nSPS) is 10.1. The standard InChI is InChI=1S/C13H12FNO/c14-11-5-3-6-12(8-11)16-9-10-4-1-2-7-13(10)15/h1-8H,9,15H2. The highest BCUT2D eigenvalue weighted by Crippen LogP contribution is 2.16. The zero-order valence-electron chi connectivity index (χ0n) is 8.69. The van der Waals surface area contributed by atoms with Gasteiger partial charge >= 0.3 is 0 Å². The summed E-state index contributed by atoms with van der Waals surface area (Å²) in [6.07, 6.45) is 0. The molecule has 82 valence electrons. The molecule has 0 amide bonds.